The number of esters is 1. The highest BCUT2D eigenvalue weighted by Gasteiger charge is 2.29. The molecule has 1 saturated heterocycles. The monoisotopic (exact) mass is 719 g/mol. The average Bonchev–Trinajstić information content (AvgIpc) is 3.58. The molecular weight excluding hydrogens is 686 g/mol. The van der Waals surface area contributed by atoms with Crippen LogP contribution in [0.5, 0.6) is 5.75 Å². The van der Waals surface area contributed by atoms with Crippen molar-refractivity contribution in [3.05, 3.63) is 85.1 Å². The van der Waals surface area contributed by atoms with Gasteiger partial charge < -0.3 is 39.4 Å². The van der Waals surface area contributed by atoms with E-state index in [1.807, 2.05) is 11.0 Å². The second kappa shape index (κ2) is 18.8. The molecule has 268 valence electrons. The van der Waals surface area contributed by atoms with Gasteiger partial charge in [0.05, 0.1) is 44.4 Å². The lowest BCUT2D eigenvalue weighted by Gasteiger charge is -2.25. The molecule has 1 aliphatic heterocycles. The van der Waals surface area contributed by atoms with Gasteiger partial charge in [0.1, 0.15) is 36.2 Å². The topological polar surface area (TPSA) is 245 Å². The van der Waals surface area contributed by atoms with Gasteiger partial charge in [0, 0.05) is 31.7 Å². The molecule has 3 aromatic rings. The summed E-state index contributed by atoms with van der Waals surface area (Å²) in [6.45, 7) is -0.389. The first-order valence-corrected chi connectivity index (χ1v) is 15.6. The zero-order chi connectivity index (χ0) is 35.9. The molecule has 1 amide bonds. The molecule has 2 N–H and O–H groups in total. The van der Waals surface area contributed by atoms with Gasteiger partial charge in [-0.3, -0.25) is 9.59 Å². The van der Waals surface area contributed by atoms with Crippen LogP contribution in [0.2, 0.25) is 5.02 Å². The molecule has 1 fully saturated rings. The molecule has 0 aliphatic carbocycles. The van der Waals surface area contributed by atoms with Crippen LogP contribution in [-0.4, -0.2) is 94.2 Å². The van der Waals surface area contributed by atoms with E-state index >= 15 is 0 Å². The van der Waals surface area contributed by atoms with E-state index in [0.717, 1.165) is 12.0 Å². The third kappa shape index (κ3) is 11.5. The van der Waals surface area contributed by atoms with Crippen LogP contribution in [0.3, 0.4) is 0 Å². The van der Waals surface area contributed by atoms with Crippen molar-refractivity contribution in [1.29, 1.82) is 0 Å². The standard InChI is InChI=1S/C29H34ClN9O11/c1-46-24-6-5-19(12-23(24)30)13-33-27-22(28(41)34-15-25-31-8-3-9-32-25)14-35-29(36-27)37-10-2-4-20(37)16-48-26(40)7-11-47-17-21(50-39(44)45)18-49-38(42)43/h3,5-6,8-9,12,14,20-21H,2,4,7,10-11,13,15-18H2,1H3,(H,34,41)(H,33,35,36)/t20-,21?/m0/s1. The number of amides is 1. The van der Waals surface area contributed by atoms with Crippen LogP contribution in [0, 0.1) is 20.2 Å². The van der Waals surface area contributed by atoms with Gasteiger partial charge in [0.2, 0.25) is 5.95 Å². The van der Waals surface area contributed by atoms with E-state index in [2.05, 4.69) is 40.2 Å². The summed E-state index contributed by atoms with van der Waals surface area (Å²) in [5.74, 6) is 0.482. The number of ether oxygens (including phenoxy) is 3. The largest absolute Gasteiger partial charge is 0.495 e. The molecule has 0 radical (unpaired) electrons. The number of hydrogen-bond acceptors (Lipinski definition) is 17. The minimum Gasteiger partial charge on any atom is -0.495 e. The lowest BCUT2D eigenvalue weighted by Crippen LogP contribution is -2.36. The molecule has 20 nitrogen and oxygen atoms in total. The maximum atomic E-state index is 13.2. The molecule has 0 bridgehead atoms. The van der Waals surface area contributed by atoms with Crippen LogP contribution < -0.4 is 20.3 Å². The minimum absolute atomic E-state index is 0.0123. The van der Waals surface area contributed by atoms with Crippen molar-refractivity contribution in [3.8, 4) is 5.75 Å². The molecule has 1 aromatic carbocycles. The molecule has 21 heteroatoms. The lowest BCUT2D eigenvalue weighted by molar-refractivity contribution is -0.790. The number of halogens is 1. The molecule has 0 saturated carbocycles. The fourth-order valence-corrected chi connectivity index (χ4v) is 5.05. The summed E-state index contributed by atoms with van der Waals surface area (Å²) in [7, 11) is 1.52. The Morgan fingerprint density at radius 1 is 1.12 bits per heavy atom. The Bertz CT molecular complexity index is 1620. The number of methoxy groups -OCH3 is 1. The Morgan fingerprint density at radius 2 is 1.92 bits per heavy atom. The fraction of sp³-hybridized carbons (Fsp3) is 0.448. The summed E-state index contributed by atoms with van der Waals surface area (Å²) in [6, 6.07) is 6.70. The quantitative estimate of drug-likeness (QED) is 0.0735. The van der Waals surface area contributed by atoms with E-state index in [1.165, 1.54) is 13.3 Å². The first-order chi connectivity index (χ1) is 24.1. The van der Waals surface area contributed by atoms with Crippen molar-refractivity contribution in [2.24, 2.45) is 0 Å². The van der Waals surface area contributed by atoms with Crippen molar-refractivity contribution in [2.75, 3.05) is 50.3 Å². The number of aromatic nitrogens is 4. The predicted molar refractivity (Wildman–Crippen MR) is 172 cm³/mol. The number of rotatable bonds is 20. The Balaban J connectivity index is 1.37. The van der Waals surface area contributed by atoms with Gasteiger partial charge in [-0.15, -0.1) is 20.2 Å². The van der Waals surface area contributed by atoms with Crippen molar-refractivity contribution in [3.63, 3.8) is 0 Å². The third-order valence-electron chi connectivity index (χ3n) is 7.15. The number of carbonyl (C=O) groups is 2. The van der Waals surface area contributed by atoms with Crippen LogP contribution in [0.15, 0.2) is 42.9 Å². The molecule has 3 heterocycles. The number of carbonyl (C=O) groups excluding carboxylic acids is 2. The SMILES string of the molecule is COc1ccc(CNc2nc(N3CCC[C@H]3COC(=O)CCOCC(CO[N+](=O)[O-])O[N+](=O)[O-])ncc2C(=O)NCc2ncccn2)cc1Cl. The predicted octanol–water partition coefficient (Wildman–Crippen LogP) is 2.17. The molecule has 1 unspecified atom stereocenters. The van der Waals surface area contributed by atoms with E-state index in [0.29, 0.717) is 35.5 Å². The van der Waals surface area contributed by atoms with E-state index in [4.69, 9.17) is 25.8 Å². The van der Waals surface area contributed by atoms with E-state index in [1.54, 1.807) is 30.6 Å². The van der Waals surface area contributed by atoms with Crippen molar-refractivity contribution >= 4 is 35.2 Å². The number of benzene rings is 1. The number of nitrogens with zero attached hydrogens (tertiary/aromatic N) is 7. The highest BCUT2D eigenvalue weighted by molar-refractivity contribution is 6.32. The molecule has 50 heavy (non-hydrogen) atoms. The first-order valence-electron chi connectivity index (χ1n) is 15.2. The number of anilines is 2. The van der Waals surface area contributed by atoms with Crippen LogP contribution in [0.25, 0.3) is 0 Å². The van der Waals surface area contributed by atoms with Gasteiger partial charge in [0.15, 0.2) is 6.10 Å². The molecule has 1 aliphatic rings. The third-order valence-corrected chi connectivity index (χ3v) is 7.44. The molecule has 2 atom stereocenters. The van der Waals surface area contributed by atoms with E-state index < -0.39 is 41.4 Å². The van der Waals surface area contributed by atoms with Crippen molar-refractivity contribution in [2.45, 2.75) is 44.5 Å². The summed E-state index contributed by atoms with van der Waals surface area (Å²) < 4.78 is 15.9. The number of hydrogen-bond donors (Lipinski definition) is 2. The Hall–Kier alpha value is -5.63. The molecule has 4 rings (SSSR count). The average molecular weight is 720 g/mol. The van der Waals surface area contributed by atoms with E-state index in [-0.39, 0.29) is 50.1 Å². The normalized spacial score (nSPS) is 14.4. The summed E-state index contributed by atoms with van der Waals surface area (Å²) in [5, 5.41) is 25.1. The highest BCUT2D eigenvalue weighted by atomic mass is 35.5. The van der Waals surface area contributed by atoms with Gasteiger partial charge in [0.25, 0.3) is 16.1 Å². The number of nitrogens with one attached hydrogen (secondary N) is 2. The Labute approximate surface area is 289 Å². The Kier molecular flexibility index (Phi) is 14.0. The zero-order valence-corrected chi connectivity index (χ0v) is 27.5. The van der Waals surface area contributed by atoms with Crippen LogP contribution in [-0.2, 0) is 37.0 Å². The second-order valence-corrected chi connectivity index (χ2v) is 11.0. The summed E-state index contributed by atoms with van der Waals surface area (Å²) in [6.07, 6.45) is 4.46. The van der Waals surface area contributed by atoms with Crippen molar-refractivity contribution in [1.82, 2.24) is 25.3 Å². The van der Waals surface area contributed by atoms with Gasteiger partial charge in [-0.25, -0.2) is 15.0 Å². The van der Waals surface area contributed by atoms with Crippen LogP contribution in [0.1, 0.15) is 41.0 Å². The molecular formula is C29H34ClN9O11. The maximum absolute atomic E-state index is 13.2. The molecule has 2 aromatic heterocycles. The van der Waals surface area contributed by atoms with Crippen molar-refractivity contribution < 1.29 is 43.6 Å². The van der Waals surface area contributed by atoms with Crippen LogP contribution in [0.4, 0.5) is 11.8 Å². The Morgan fingerprint density at radius 3 is 2.64 bits per heavy atom. The zero-order valence-electron chi connectivity index (χ0n) is 26.8. The molecule has 0 spiro atoms. The maximum Gasteiger partial charge on any atom is 0.308 e. The fourth-order valence-electron chi connectivity index (χ4n) is 4.77. The highest BCUT2D eigenvalue weighted by Crippen LogP contribution is 2.27. The van der Waals surface area contributed by atoms with Gasteiger partial charge in [-0.05, 0) is 36.6 Å². The first kappa shape index (κ1) is 37.2. The second-order valence-electron chi connectivity index (χ2n) is 10.6. The smallest absolute Gasteiger partial charge is 0.308 e. The van der Waals surface area contributed by atoms with Crippen LogP contribution >= 0.6 is 11.6 Å². The van der Waals surface area contributed by atoms with Gasteiger partial charge in [-0.1, -0.05) is 17.7 Å². The summed E-state index contributed by atoms with van der Waals surface area (Å²) in [4.78, 5) is 74.2. The summed E-state index contributed by atoms with van der Waals surface area (Å²) in [5.41, 5.74) is 0.989. The van der Waals surface area contributed by atoms with E-state index in [9.17, 15) is 29.8 Å². The summed E-state index contributed by atoms with van der Waals surface area (Å²) >= 11 is 6.30. The minimum atomic E-state index is -1.36. The van der Waals surface area contributed by atoms with Gasteiger partial charge >= 0.3 is 5.97 Å². The van der Waals surface area contributed by atoms with Gasteiger partial charge in [-0.2, -0.15) is 4.98 Å². The lowest BCUT2D eigenvalue weighted by atomic mass is 10.2.